The number of nitrogens with one attached hydrogen (secondary N) is 2. The number of hydrogen-bond donors (Lipinski definition) is 2. The van der Waals surface area contributed by atoms with Crippen molar-refractivity contribution in [3.63, 3.8) is 0 Å². The highest BCUT2D eigenvalue weighted by atomic mass is 32.2. The van der Waals surface area contributed by atoms with Gasteiger partial charge in [-0.05, 0) is 49.7 Å². The van der Waals surface area contributed by atoms with Crippen LogP contribution in [0.1, 0.15) is 11.1 Å². The summed E-state index contributed by atoms with van der Waals surface area (Å²) in [7, 11) is 0. The Bertz CT molecular complexity index is 732. The molecule has 0 spiro atoms. The smallest absolute Gasteiger partial charge is 0.243 e. The molecule has 2 amide bonds. The largest absolute Gasteiger partial charge is 0.346 e. The first-order valence-electron chi connectivity index (χ1n) is 7.46. The Morgan fingerprint density at radius 1 is 1.04 bits per heavy atom. The molecule has 0 aliphatic rings. The zero-order valence-corrected chi connectivity index (χ0v) is 14.4. The Balaban J connectivity index is 1.74. The number of thioether (sulfide) groups is 1. The van der Waals surface area contributed by atoms with Gasteiger partial charge in [0.1, 0.15) is 5.82 Å². The molecule has 2 aromatic rings. The van der Waals surface area contributed by atoms with Crippen LogP contribution < -0.4 is 10.6 Å². The molecule has 0 aliphatic heterocycles. The lowest BCUT2D eigenvalue weighted by molar-refractivity contribution is -0.122. The molecule has 0 fully saturated rings. The number of benzene rings is 2. The van der Waals surface area contributed by atoms with E-state index in [1.54, 1.807) is 0 Å². The summed E-state index contributed by atoms with van der Waals surface area (Å²) < 4.78 is 12.8. The summed E-state index contributed by atoms with van der Waals surface area (Å²) in [5, 5.41) is 5.16. The average molecular weight is 346 g/mol. The summed E-state index contributed by atoms with van der Waals surface area (Å²) in [6, 6.07) is 11.5. The van der Waals surface area contributed by atoms with Crippen molar-refractivity contribution in [2.45, 2.75) is 18.7 Å². The summed E-state index contributed by atoms with van der Waals surface area (Å²) in [6.07, 6.45) is 0. The number of anilines is 1. The summed E-state index contributed by atoms with van der Waals surface area (Å²) in [5.74, 6) is -0.696. The third-order valence-electron chi connectivity index (χ3n) is 3.26. The molecular weight excluding hydrogens is 327 g/mol. The van der Waals surface area contributed by atoms with Crippen molar-refractivity contribution >= 4 is 29.3 Å². The molecule has 0 bridgehead atoms. The van der Waals surface area contributed by atoms with Gasteiger partial charge >= 0.3 is 0 Å². The number of carbonyl (C=O) groups is 2. The van der Waals surface area contributed by atoms with Gasteiger partial charge in [0.15, 0.2) is 0 Å². The molecule has 0 aromatic heterocycles. The van der Waals surface area contributed by atoms with Gasteiger partial charge in [-0.1, -0.05) is 17.7 Å². The van der Waals surface area contributed by atoms with Gasteiger partial charge in [-0.3, -0.25) is 9.59 Å². The van der Waals surface area contributed by atoms with Gasteiger partial charge in [-0.15, -0.1) is 11.8 Å². The number of aryl methyl sites for hydroxylation is 2. The topological polar surface area (TPSA) is 58.2 Å². The second kappa shape index (κ2) is 8.49. The summed E-state index contributed by atoms with van der Waals surface area (Å²) in [4.78, 5) is 24.6. The van der Waals surface area contributed by atoms with Gasteiger partial charge in [0.2, 0.25) is 11.8 Å². The van der Waals surface area contributed by atoms with E-state index in [0.29, 0.717) is 5.69 Å². The lowest BCUT2D eigenvalue weighted by Gasteiger charge is -2.08. The van der Waals surface area contributed by atoms with Crippen LogP contribution in [0.4, 0.5) is 10.1 Å². The van der Waals surface area contributed by atoms with Crippen molar-refractivity contribution in [2.24, 2.45) is 0 Å². The monoisotopic (exact) mass is 346 g/mol. The van der Waals surface area contributed by atoms with Crippen LogP contribution >= 0.6 is 11.8 Å². The van der Waals surface area contributed by atoms with E-state index in [1.807, 2.05) is 26.0 Å². The molecule has 0 heterocycles. The highest BCUT2D eigenvalue weighted by molar-refractivity contribution is 8.00. The van der Waals surface area contributed by atoms with Crippen LogP contribution in [0.15, 0.2) is 47.4 Å². The highest BCUT2D eigenvalue weighted by Crippen LogP contribution is 2.22. The minimum absolute atomic E-state index is 0.121. The van der Waals surface area contributed by atoms with Crippen molar-refractivity contribution in [3.05, 3.63) is 59.4 Å². The highest BCUT2D eigenvalue weighted by Gasteiger charge is 2.08. The molecule has 126 valence electrons. The van der Waals surface area contributed by atoms with E-state index >= 15 is 0 Å². The minimum Gasteiger partial charge on any atom is -0.346 e. The van der Waals surface area contributed by atoms with Gasteiger partial charge in [-0.2, -0.15) is 0 Å². The van der Waals surface area contributed by atoms with Gasteiger partial charge in [0.05, 0.1) is 12.3 Å². The Morgan fingerprint density at radius 2 is 1.75 bits per heavy atom. The maximum Gasteiger partial charge on any atom is 0.243 e. The van der Waals surface area contributed by atoms with E-state index in [2.05, 4.69) is 16.7 Å². The number of carbonyl (C=O) groups excluding carboxylic acids is 2. The van der Waals surface area contributed by atoms with Crippen molar-refractivity contribution < 1.29 is 14.0 Å². The van der Waals surface area contributed by atoms with Crippen LogP contribution in [-0.4, -0.2) is 24.1 Å². The standard InChI is InChI=1S/C18H19FN2O2S/c1-12-3-8-16(13(2)9-12)24-11-18(23)20-10-17(22)21-15-6-4-14(19)5-7-15/h3-9H,10-11H2,1-2H3,(H,20,23)(H,21,22). The summed E-state index contributed by atoms with van der Waals surface area (Å²) >= 11 is 1.44. The lowest BCUT2D eigenvalue weighted by Crippen LogP contribution is -2.33. The average Bonchev–Trinajstić information content (AvgIpc) is 2.54. The summed E-state index contributed by atoms with van der Waals surface area (Å²) in [5.41, 5.74) is 2.79. The third-order valence-corrected chi connectivity index (χ3v) is 4.44. The lowest BCUT2D eigenvalue weighted by atomic mass is 10.2. The van der Waals surface area contributed by atoms with Crippen LogP contribution in [-0.2, 0) is 9.59 Å². The molecule has 24 heavy (non-hydrogen) atoms. The SMILES string of the molecule is Cc1ccc(SCC(=O)NCC(=O)Nc2ccc(F)cc2)c(C)c1. The van der Waals surface area contributed by atoms with Crippen LogP contribution in [0.25, 0.3) is 0 Å². The fourth-order valence-electron chi connectivity index (χ4n) is 2.07. The number of hydrogen-bond acceptors (Lipinski definition) is 3. The first-order chi connectivity index (χ1) is 11.4. The predicted octanol–water partition coefficient (Wildman–Crippen LogP) is 3.29. The van der Waals surface area contributed by atoms with Crippen LogP contribution in [0.2, 0.25) is 0 Å². The minimum atomic E-state index is -0.371. The van der Waals surface area contributed by atoms with Gasteiger partial charge in [0, 0.05) is 10.6 Å². The first-order valence-corrected chi connectivity index (χ1v) is 8.45. The number of halogens is 1. The van der Waals surface area contributed by atoms with Gasteiger partial charge < -0.3 is 10.6 Å². The molecule has 2 rings (SSSR count). The van der Waals surface area contributed by atoms with Gasteiger partial charge in [0.25, 0.3) is 0 Å². The molecule has 0 saturated carbocycles. The first kappa shape index (κ1) is 18.0. The van der Waals surface area contributed by atoms with E-state index in [-0.39, 0.29) is 29.9 Å². The molecule has 0 unspecified atom stereocenters. The maximum absolute atomic E-state index is 12.8. The van der Waals surface area contributed by atoms with Crippen LogP contribution in [0, 0.1) is 19.7 Å². The molecule has 2 N–H and O–H groups in total. The zero-order chi connectivity index (χ0) is 17.5. The van der Waals surface area contributed by atoms with E-state index in [0.717, 1.165) is 10.5 Å². The van der Waals surface area contributed by atoms with Gasteiger partial charge in [-0.25, -0.2) is 4.39 Å². The quantitative estimate of drug-likeness (QED) is 0.789. The predicted molar refractivity (Wildman–Crippen MR) is 94.7 cm³/mol. The van der Waals surface area contributed by atoms with E-state index in [4.69, 9.17) is 0 Å². The van der Waals surface area contributed by atoms with E-state index in [9.17, 15) is 14.0 Å². The molecule has 0 aliphatic carbocycles. The van der Waals surface area contributed by atoms with Crippen LogP contribution in [0.5, 0.6) is 0 Å². The molecule has 0 radical (unpaired) electrons. The van der Waals surface area contributed by atoms with Crippen molar-refractivity contribution in [2.75, 3.05) is 17.6 Å². The van der Waals surface area contributed by atoms with E-state index < -0.39 is 0 Å². The molecule has 4 nitrogen and oxygen atoms in total. The Labute approximate surface area is 144 Å². The van der Waals surface area contributed by atoms with Crippen molar-refractivity contribution in [1.29, 1.82) is 0 Å². The van der Waals surface area contributed by atoms with Crippen molar-refractivity contribution in [3.8, 4) is 0 Å². The molecule has 2 aromatic carbocycles. The van der Waals surface area contributed by atoms with Crippen LogP contribution in [0.3, 0.4) is 0 Å². The Kier molecular flexibility index (Phi) is 6.37. The molecule has 6 heteroatoms. The molecular formula is C18H19FN2O2S. The third kappa shape index (κ3) is 5.70. The Morgan fingerprint density at radius 3 is 2.42 bits per heavy atom. The fraction of sp³-hybridized carbons (Fsp3) is 0.222. The maximum atomic E-state index is 12.8. The Hall–Kier alpha value is -2.34. The summed E-state index contributed by atoms with van der Waals surface area (Å²) in [6.45, 7) is 3.90. The second-order valence-corrected chi connectivity index (χ2v) is 6.41. The number of amides is 2. The normalized spacial score (nSPS) is 10.3. The zero-order valence-electron chi connectivity index (χ0n) is 13.6. The molecule has 0 saturated heterocycles. The fourth-order valence-corrected chi connectivity index (χ4v) is 2.91. The van der Waals surface area contributed by atoms with Crippen molar-refractivity contribution in [1.82, 2.24) is 5.32 Å². The van der Waals surface area contributed by atoms with E-state index in [1.165, 1.54) is 41.6 Å². The molecule has 0 atom stereocenters. The second-order valence-electron chi connectivity index (χ2n) is 5.39. The number of rotatable bonds is 6.